The molecule has 0 radical (unpaired) electrons. The molecular formula is C79H95FN12O19. The second kappa shape index (κ2) is 39.0. The molecule has 1 aliphatic carbocycles. The monoisotopic (exact) mass is 1530 g/mol. The summed E-state index contributed by atoms with van der Waals surface area (Å²) in [6.07, 6.45) is 2.17. The number of halogens is 1. The van der Waals surface area contributed by atoms with E-state index >= 15 is 4.39 Å². The van der Waals surface area contributed by atoms with Crippen molar-refractivity contribution >= 4 is 93.4 Å². The van der Waals surface area contributed by atoms with Gasteiger partial charge in [-0.3, -0.25) is 38.4 Å². The Balaban J connectivity index is 0.573. The zero-order chi connectivity index (χ0) is 79.3. The third-order valence-corrected chi connectivity index (χ3v) is 19.6. The summed E-state index contributed by atoms with van der Waals surface area (Å²) in [5, 5.41) is 33.3. The predicted octanol–water partition coefficient (Wildman–Crippen LogP) is 5.12. The number of primary amides is 1. The Morgan fingerprint density at radius 1 is 0.739 bits per heavy atom. The molecule has 2 aromatic heterocycles. The van der Waals surface area contributed by atoms with Gasteiger partial charge in [0.15, 0.2) is 5.60 Å². The number of carbonyl (C=O) groups is 10. The number of hydrogen-bond donors (Lipinski definition) is 10. The Morgan fingerprint density at radius 3 is 2.18 bits per heavy atom. The Morgan fingerprint density at radius 2 is 1.45 bits per heavy atom. The summed E-state index contributed by atoms with van der Waals surface area (Å²) in [7, 11) is 0. The number of anilines is 2. The van der Waals surface area contributed by atoms with Gasteiger partial charge >= 0.3 is 18.1 Å². The van der Waals surface area contributed by atoms with Gasteiger partial charge in [0.1, 0.15) is 51.0 Å². The van der Waals surface area contributed by atoms with Crippen LogP contribution in [0.3, 0.4) is 0 Å². The number of ether oxygens (including phenoxy) is 7. The maximum absolute atomic E-state index is 15.4. The number of carbonyl (C=O) groups excluding carboxylic acids is 10. The lowest BCUT2D eigenvalue weighted by atomic mass is 9.81. The van der Waals surface area contributed by atoms with Gasteiger partial charge in [0, 0.05) is 60.6 Å². The summed E-state index contributed by atoms with van der Waals surface area (Å²) in [6.45, 7) is 9.52. The van der Waals surface area contributed by atoms with Gasteiger partial charge in [-0.15, -0.1) is 0 Å². The molecule has 0 unspecified atom stereocenters. The molecule has 32 heteroatoms. The number of aryl methyl sites for hydroxylation is 1. The summed E-state index contributed by atoms with van der Waals surface area (Å²) in [5.41, 5.74) is 12.1. The third kappa shape index (κ3) is 21.3. The van der Waals surface area contributed by atoms with Crippen LogP contribution in [0.5, 0.6) is 0 Å². The second-order valence-corrected chi connectivity index (χ2v) is 27.5. The van der Waals surface area contributed by atoms with Crippen molar-refractivity contribution in [3.8, 4) is 11.4 Å². The maximum atomic E-state index is 15.4. The minimum atomic E-state index is -2.06. The molecule has 0 saturated carbocycles. The van der Waals surface area contributed by atoms with E-state index in [0.717, 1.165) is 33.5 Å². The van der Waals surface area contributed by atoms with Crippen LogP contribution >= 0.6 is 0 Å². The Labute approximate surface area is 639 Å². The van der Waals surface area contributed by atoms with Crippen molar-refractivity contribution in [3.05, 3.63) is 157 Å². The largest absolute Gasteiger partial charge is 0.458 e. The first kappa shape index (κ1) is 82.5. The van der Waals surface area contributed by atoms with Gasteiger partial charge in [0.05, 0.1) is 100 Å². The number of amides is 10. The first-order chi connectivity index (χ1) is 53.4. The van der Waals surface area contributed by atoms with Gasteiger partial charge in [-0.25, -0.2) is 23.8 Å². The van der Waals surface area contributed by atoms with Gasteiger partial charge in [0.2, 0.25) is 41.4 Å². The molecule has 31 nitrogen and oxygen atoms in total. The van der Waals surface area contributed by atoms with Gasteiger partial charge < -0.3 is 96.0 Å². The highest BCUT2D eigenvalue weighted by molar-refractivity contribution is 6.01. The molecule has 4 aromatic carbocycles. The fourth-order valence-corrected chi connectivity index (χ4v) is 13.7. The number of pyridine rings is 2. The molecule has 4 atom stereocenters. The number of benzene rings is 4. The predicted molar refractivity (Wildman–Crippen MR) is 404 cm³/mol. The van der Waals surface area contributed by atoms with Crippen LogP contribution in [0.1, 0.15) is 134 Å². The number of nitrogens with two attached hydrogens (primary N) is 1. The molecule has 111 heavy (non-hydrogen) atoms. The van der Waals surface area contributed by atoms with E-state index in [1.807, 2.05) is 42.5 Å². The van der Waals surface area contributed by atoms with Gasteiger partial charge in [-0.05, 0) is 127 Å². The molecule has 10 amide bonds. The number of alkyl carbamates (subject to hydrolysis) is 1. The molecule has 10 rings (SSSR count). The van der Waals surface area contributed by atoms with Crippen LogP contribution in [0.2, 0.25) is 0 Å². The maximum Gasteiger partial charge on any atom is 0.407 e. The molecular weight excluding hydrogens is 1440 g/mol. The van der Waals surface area contributed by atoms with Crippen molar-refractivity contribution < 1.29 is 90.6 Å². The summed E-state index contributed by atoms with van der Waals surface area (Å²) in [6, 6.07) is 21.3. The fraction of sp³-hybridized carbons (Fsp3) is 0.443. The van der Waals surface area contributed by atoms with Crippen LogP contribution in [0, 0.1) is 18.7 Å². The number of nitrogens with zero attached hydrogens (tertiary/aromatic N) is 3. The number of cyclic esters (lactones) is 1. The van der Waals surface area contributed by atoms with E-state index in [1.165, 1.54) is 22.8 Å². The summed E-state index contributed by atoms with van der Waals surface area (Å²) in [5.74, 6) is -5.06. The smallest absolute Gasteiger partial charge is 0.407 e. The molecule has 0 bridgehead atoms. The van der Waals surface area contributed by atoms with E-state index < -0.39 is 109 Å². The number of nitrogens with one attached hydrogen (secondary N) is 8. The number of urea groups is 1. The molecule has 0 saturated heterocycles. The van der Waals surface area contributed by atoms with Crippen molar-refractivity contribution in [3.63, 3.8) is 0 Å². The van der Waals surface area contributed by atoms with Gasteiger partial charge in [-0.1, -0.05) is 75.4 Å². The minimum Gasteiger partial charge on any atom is -0.458 e. The van der Waals surface area contributed by atoms with Crippen LogP contribution in [0.25, 0.3) is 33.9 Å². The molecule has 4 aliphatic rings. The standard InChI is InChI=1S/C79H95FN12O19/c1-6-79(104)57-37-63-72-55(41-92(63)75(100)56(57)43-110-76(79)101)70-59(22-21-54-48(5)58(80)38-61(88-72)69(54)70)87-67(96)44-109-45-85-66(95)39-84-78(103)111-42-49-17-19-52(20-18-49)86-73(98)60(15-11-26-83-77(81)102)89-74(99)71(46(2)3)90-65(94)25-28-105-30-32-107-34-35-108-33-31-106-29-27-82-64(93)23-24-68(97)91-40-51-13-7-9-14-53(51)47(4)36-50-12-8-10-16-62(50)91/h7-10,12-14,16-20,36-38,46,59-60,71,104H,6,11,15,21-35,39-45H2,1-5H3,(H,82,93)(H,84,103)(H,85,95)(H,86,98)(H,87,96)(H,89,99)(H,90,94)(H3,81,83,102)/b47-36-/t59-,60-,71-,79-/m0/s1. The Bertz CT molecular complexity index is 4550. The number of esters is 1. The SMILES string of the molecule is CC[C@@]1(O)C(=O)OCc2c1cc1n(c2=O)Cc2c-1nc1cc(F)c(C)c3c1c2[C@@H](NC(=O)COCNC(=O)CNC(=O)OCc1ccc(NC(=O)[C@H](CCCNC(N)=O)NC(=O)[C@@H](NC(=O)CCOCCOCCOCCOCCNC(=O)CCC(=O)N2Cc4ccccc4/C(C)=C\c4ccccc42)C(C)C)cc1)CC3. The average molecular weight is 1540 g/mol. The van der Waals surface area contributed by atoms with Gasteiger partial charge in [0.25, 0.3) is 5.56 Å². The number of aliphatic hydroxyl groups is 1. The first-order valence-electron chi connectivity index (χ1n) is 37.0. The number of aromatic nitrogens is 2. The van der Waals surface area contributed by atoms with E-state index in [1.54, 1.807) is 50.8 Å². The second-order valence-electron chi connectivity index (χ2n) is 27.5. The number of para-hydroxylation sites is 1. The fourth-order valence-electron chi connectivity index (χ4n) is 13.7. The van der Waals surface area contributed by atoms with Crippen LogP contribution in [-0.2, 0) is 110 Å². The number of fused-ring (bicyclic) bond motifs is 7. The highest BCUT2D eigenvalue weighted by atomic mass is 19.1. The quantitative estimate of drug-likeness (QED) is 0.0136. The Kier molecular flexibility index (Phi) is 29.0. The lowest BCUT2D eigenvalue weighted by Crippen LogP contribution is -2.54. The molecule has 5 heterocycles. The van der Waals surface area contributed by atoms with E-state index in [2.05, 4.69) is 61.6 Å². The summed E-state index contributed by atoms with van der Waals surface area (Å²) < 4.78 is 55.2. The van der Waals surface area contributed by atoms with Crippen LogP contribution in [0.15, 0.2) is 89.7 Å². The van der Waals surface area contributed by atoms with E-state index in [-0.39, 0.29) is 127 Å². The zero-order valence-electron chi connectivity index (χ0n) is 62.7. The average Bonchev–Trinajstić information content (AvgIpc) is 1.58. The van der Waals surface area contributed by atoms with E-state index in [9.17, 15) is 57.8 Å². The topological polar surface area (TPSA) is 416 Å². The van der Waals surface area contributed by atoms with Crippen molar-refractivity contribution in [2.24, 2.45) is 11.7 Å². The number of allylic oxidation sites excluding steroid dienone is 1. The van der Waals surface area contributed by atoms with Crippen molar-refractivity contribution in [1.29, 1.82) is 0 Å². The van der Waals surface area contributed by atoms with E-state index in [0.29, 0.717) is 89.4 Å². The minimum absolute atomic E-state index is 0.0330. The van der Waals surface area contributed by atoms with Crippen molar-refractivity contribution in [1.82, 2.24) is 46.8 Å². The van der Waals surface area contributed by atoms with Crippen LogP contribution < -0.4 is 58.7 Å². The first-order valence-corrected chi connectivity index (χ1v) is 37.0. The van der Waals surface area contributed by atoms with Crippen molar-refractivity contribution in [2.45, 2.75) is 136 Å². The lowest BCUT2D eigenvalue weighted by molar-refractivity contribution is -0.172. The van der Waals surface area contributed by atoms with E-state index in [4.69, 9.17) is 43.9 Å². The third-order valence-electron chi connectivity index (χ3n) is 19.6. The molecule has 0 fully saturated rings. The molecule has 6 aromatic rings. The highest BCUT2D eigenvalue weighted by Crippen LogP contribution is 2.46. The molecule has 3 aliphatic heterocycles. The zero-order valence-corrected chi connectivity index (χ0v) is 62.7. The summed E-state index contributed by atoms with van der Waals surface area (Å²) >= 11 is 0. The van der Waals surface area contributed by atoms with Crippen molar-refractivity contribution in [2.75, 3.05) is 96.0 Å². The lowest BCUT2D eigenvalue weighted by Gasteiger charge is -2.31. The van der Waals surface area contributed by atoms with Crippen LogP contribution in [-0.4, -0.2) is 172 Å². The molecule has 11 N–H and O–H groups in total. The number of hydrogen-bond acceptors (Lipinski definition) is 20. The Hall–Kier alpha value is -11.0. The highest BCUT2D eigenvalue weighted by Gasteiger charge is 2.46. The molecule has 592 valence electrons. The summed E-state index contributed by atoms with van der Waals surface area (Å²) in [4.78, 5) is 150. The normalized spacial score (nSPS) is 16.1. The molecule has 0 spiro atoms. The van der Waals surface area contributed by atoms with Gasteiger partial charge in [-0.2, -0.15) is 0 Å². The number of rotatable bonds is 38. The van der Waals surface area contributed by atoms with Crippen LogP contribution in [0.4, 0.5) is 25.4 Å².